The van der Waals surface area contributed by atoms with Crippen LogP contribution in [0.5, 0.6) is 11.5 Å². The van der Waals surface area contributed by atoms with Crippen LogP contribution < -0.4 is 9.47 Å². The summed E-state index contributed by atoms with van der Waals surface area (Å²) in [7, 11) is 3.30. The van der Waals surface area contributed by atoms with E-state index in [0.29, 0.717) is 0 Å². The molecule has 158 valence electrons. The van der Waals surface area contributed by atoms with Gasteiger partial charge in [0.25, 0.3) is 0 Å². The second kappa shape index (κ2) is 14.8. The maximum Gasteiger partial charge on any atom is 0.516 e. The van der Waals surface area contributed by atoms with Crippen molar-refractivity contribution in [1.29, 1.82) is 0 Å². The van der Waals surface area contributed by atoms with Crippen molar-refractivity contribution in [3.63, 3.8) is 0 Å². The van der Waals surface area contributed by atoms with Crippen molar-refractivity contribution in [1.82, 2.24) is 0 Å². The van der Waals surface area contributed by atoms with Gasteiger partial charge < -0.3 is 18.9 Å². The Kier molecular flexibility index (Phi) is 12.6. The lowest BCUT2D eigenvalue weighted by Crippen LogP contribution is -2.13. The summed E-state index contributed by atoms with van der Waals surface area (Å²) in [5.74, 6) is 1.04. The molecule has 0 aliphatic carbocycles. The van der Waals surface area contributed by atoms with Crippen LogP contribution >= 0.6 is 0 Å². The van der Waals surface area contributed by atoms with E-state index in [-0.39, 0.29) is 13.0 Å². The molecule has 0 aliphatic rings. The minimum absolute atomic E-state index is 0.209. The van der Waals surface area contributed by atoms with Crippen LogP contribution in [0.3, 0.4) is 0 Å². The Labute approximate surface area is 168 Å². The maximum absolute atomic E-state index is 11.4. The van der Waals surface area contributed by atoms with Crippen LogP contribution in [-0.2, 0) is 20.7 Å². The first kappa shape index (κ1) is 23.8. The summed E-state index contributed by atoms with van der Waals surface area (Å²) in [6.07, 6.45) is 9.20. The summed E-state index contributed by atoms with van der Waals surface area (Å²) in [6, 6.07) is 6.09. The molecule has 6 heteroatoms. The zero-order chi connectivity index (χ0) is 20.6. The van der Waals surface area contributed by atoms with Crippen LogP contribution in [-0.4, -0.2) is 33.0 Å². The van der Waals surface area contributed by atoms with Crippen LogP contribution in [0.25, 0.3) is 0 Å². The average Bonchev–Trinajstić information content (AvgIpc) is 2.69. The van der Waals surface area contributed by atoms with Crippen LogP contribution in [0.2, 0.25) is 0 Å². The molecule has 0 aromatic heterocycles. The lowest BCUT2D eigenvalue weighted by Gasteiger charge is -2.09. The molecule has 0 atom stereocenters. The van der Waals surface area contributed by atoms with Gasteiger partial charge in [0, 0.05) is 6.42 Å². The highest BCUT2D eigenvalue weighted by molar-refractivity contribution is 5.81. The fraction of sp³-hybridized carbons (Fsp3) is 0.636. The maximum atomic E-state index is 11.4. The van der Waals surface area contributed by atoms with Crippen molar-refractivity contribution in [2.24, 2.45) is 0 Å². The summed E-state index contributed by atoms with van der Waals surface area (Å²) >= 11 is 0. The van der Waals surface area contributed by atoms with E-state index in [1.165, 1.54) is 31.2 Å². The van der Waals surface area contributed by atoms with E-state index in [9.17, 15) is 9.59 Å². The minimum atomic E-state index is -0.902. The molecule has 0 radical (unpaired) electrons. The molecular weight excluding hydrogens is 360 g/mol. The quantitative estimate of drug-likeness (QED) is 0.237. The lowest BCUT2D eigenvalue weighted by molar-refractivity contribution is -0.139. The van der Waals surface area contributed by atoms with Gasteiger partial charge in [0.15, 0.2) is 11.5 Å². The Morgan fingerprint density at radius 3 is 2.04 bits per heavy atom. The first-order chi connectivity index (χ1) is 13.6. The first-order valence-electron chi connectivity index (χ1n) is 10.2. The second-order valence-corrected chi connectivity index (χ2v) is 6.67. The number of methoxy groups -OCH3 is 2. The number of carbonyl (C=O) groups is 2. The fourth-order valence-corrected chi connectivity index (χ4v) is 2.99. The van der Waals surface area contributed by atoms with Gasteiger partial charge in [-0.3, -0.25) is 4.79 Å². The third-order valence-electron chi connectivity index (χ3n) is 4.50. The molecule has 1 aromatic carbocycles. The molecule has 1 rings (SSSR count). The molecule has 0 bridgehead atoms. The van der Waals surface area contributed by atoms with Crippen LogP contribution in [0, 0.1) is 0 Å². The van der Waals surface area contributed by atoms with Crippen molar-refractivity contribution < 1.29 is 28.5 Å². The number of unbranched alkanes of at least 4 members (excludes halogenated alkanes) is 7. The SMILES string of the molecule is CCOC(=O)OC(=O)CCCCCCCCCCc1ccc(OC)c(OC)c1. The summed E-state index contributed by atoms with van der Waals surface area (Å²) in [5, 5.41) is 0. The van der Waals surface area contributed by atoms with Gasteiger partial charge in [-0.05, 0) is 43.9 Å². The number of benzene rings is 1. The van der Waals surface area contributed by atoms with Crippen molar-refractivity contribution in [2.45, 2.75) is 71.1 Å². The smallest absolute Gasteiger partial charge is 0.493 e. The molecule has 1 aromatic rings. The molecule has 0 fully saturated rings. The van der Waals surface area contributed by atoms with E-state index in [4.69, 9.17) is 9.47 Å². The predicted octanol–water partition coefficient (Wildman–Crippen LogP) is 5.46. The van der Waals surface area contributed by atoms with E-state index >= 15 is 0 Å². The molecule has 0 aliphatic heterocycles. The minimum Gasteiger partial charge on any atom is -0.493 e. The molecular formula is C22H34O6. The van der Waals surface area contributed by atoms with E-state index in [0.717, 1.165) is 43.6 Å². The average molecular weight is 395 g/mol. The Morgan fingerprint density at radius 1 is 0.821 bits per heavy atom. The first-order valence-corrected chi connectivity index (χ1v) is 10.2. The lowest BCUT2D eigenvalue weighted by atomic mass is 10.0. The summed E-state index contributed by atoms with van der Waals surface area (Å²) in [6.45, 7) is 1.88. The zero-order valence-corrected chi connectivity index (χ0v) is 17.5. The molecule has 6 nitrogen and oxygen atoms in total. The highest BCUT2D eigenvalue weighted by atomic mass is 16.7. The van der Waals surface area contributed by atoms with Gasteiger partial charge in [-0.2, -0.15) is 0 Å². The highest BCUT2D eigenvalue weighted by Crippen LogP contribution is 2.28. The van der Waals surface area contributed by atoms with Crippen molar-refractivity contribution in [2.75, 3.05) is 20.8 Å². The number of hydrogen-bond donors (Lipinski definition) is 0. The molecule has 0 saturated heterocycles. The fourth-order valence-electron chi connectivity index (χ4n) is 2.99. The van der Waals surface area contributed by atoms with Gasteiger partial charge in [0.05, 0.1) is 20.8 Å². The second-order valence-electron chi connectivity index (χ2n) is 6.67. The van der Waals surface area contributed by atoms with E-state index in [2.05, 4.69) is 15.5 Å². The van der Waals surface area contributed by atoms with Gasteiger partial charge in [-0.1, -0.05) is 44.6 Å². The molecule has 0 N–H and O–H groups in total. The van der Waals surface area contributed by atoms with Gasteiger partial charge in [-0.25, -0.2) is 4.79 Å². The standard InChI is InChI=1S/C22H34O6/c1-4-27-22(24)28-21(23)14-12-10-8-6-5-7-9-11-13-18-15-16-19(25-2)20(17-18)26-3/h15-17H,4-14H2,1-3H3. The van der Waals surface area contributed by atoms with Gasteiger partial charge >= 0.3 is 12.1 Å². The molecule has 28 heavy (non-hydrogen) atoms. The van der Waals surface area contributed by atoms with E-state index < -0.39 is 12.1 Å². The number of hydrogen-bond acceptors (Lipinski definition) is 6. The zero-order valence-electron chi connectivity index (χ0n) is 17.5. The third-order valence-corrected chi connectivity index (χ3v) is 4.50. The number of ether oxygens (including phenoxy) is 4. The van der Waals surface area contributed by atoms with Crippen molar-refractivity contribution in [3.8, 4) is 11.5 Å². The Bertz CT molecular complexity index is 584. The number of rotatable bonds is 14. The topological polar surface area (TPSA) is 71.1 Å². The molecule has 0 saturated carbocycles. The van der Waals surface area contributed by atoms with Crippen molar-refractivity contribution >= 4 is 12.1 Å². The number of esters is 1. The molecule has 0 unspecified atom stereocenters. The third kappa shape index (κ3) is 10.2. The summed E-state index contributed by atoms with van der Waals surface area (Å²) < 4.78 is 19.7. The number of aryl methyl sites for hydroxylation is 1. The molecule has 0 spiro atoms. The largest absolute Gasteiger partial charge is 0.516 e. The van der Waals surface area contributed by atoms with Gasteiger partial charge in [0.1, 0.15) is 0 Å². The van der Waals surface area contributed by atoms with Gasteiger partial charge in [0.2, 0.25) is 0 Å². The summed E-state index contributed by atoms with van der Waals surface area (Å²) in [5.41, 5.74) is 1.27. The van der Waals surface area contributed by atoms with Crippen molar-refractivity contribution in [3.05, 3.63) is 23.8 Å². The monoisotopic (exact) mass is 394 g/mol. The Hall–Kier alpha value is -2.24. The highest BCUT2D eigenvalue weighted by Gasteiger charge is 2.10. The predicted molar refractivity (Wildman–Crippen MR) is 108 cm³/mol. The normalized spacial score (nSPS) is 10.4. The van der Waals surface area contributed by atoms with E-state index in [1.807, 2.05) is 12.1 Å². The van der Waals surface area contributed by atoms with E-state index in [1.54, 1.807) is 21.1 Å². The van der Waals surface area contributed by atoms with Crippen LogP contribution in [0.4, 0.5) is 4.79 Å². The Balaban J connectivity index is 1.99. The van der Waals surface area contributed by atoms with Crippen LogP contribution in [0.15, 0.2) is 18.2 Å². The number of carbonyl (C=O) groups excluding carboxylic acids is 2. The molecule has 0 amide bonds. The Morgan fingerprint density at radius 2 is 1.43 bits per heavy atom. The molecule has 0 heterocycles. The summed E-state index contributed by atoms with van der Waals surface area (Å²) in [4.78, 5) is 22.4. The van der Waals surface area contributed by atoms with Gasteiger partial charge in [-0.15, -0.1) is 0 Å². The van der Waals surface area contributed by atoms with Crippen LogP contribution in [0.1, 0.15) is 70.3 Å².